The molecule has 110 valence electrons. The molecule has 3 N–H and O–H groups in total. The second-order valence-electron chi connectivity index (χ2n) is 4.76. The van der Waals surface area contributed by atoms with E-state index in [1.54, 1.807) is 24.3 Å². The third-order valence-corrected chi connectivity index (χ3v) is 2.95. The van der Waals surface area contributed by atoms with E-state index < -0.39 is 0 Å². The number of nitrogens with one attached hydrogen (secondary N) is 3. The van der Waals surface area contributed by atoms with Crippen LogP contribution in [0.2, 0.25) is 0 Å². The van der Waals surface area contributed by atoms with Gasteiger partial charge in [-0.05, 0) is 36.5 Å². The minimum atomic E-state index is -0.344. The lowest BCUT2D eigenvalue weighted by atomic mass is 10.2. The van der Waals surface area contributed by atoms with Crippen LogP contribution in [0.1, 0.15) is 16.8 Å². The Hall–Kier alpha value is -1.66. The molecular weight excluding hydrogens is 274 g/mol. The van der Waals surface area contributed by atoms with Gasteiger partial charge in [0.1, 0.15) is 0 Å². The van der Waals surface area contributed by atoms with Crippen molar-refractivity contribution in [2.75, 3.05) is 39.6 Å². The van der Waals surface area contributed by atoms with Crippen molar-refractivity contribution in [1.82, 2.24) is 5.32 Å². The zero-order valence-corrected chi connectivity index (χ0v) is 13.0. The van der Waals surface area contributed by atoms with E-state index in [1.165, 1.54) is 12.0 Å². The molecule has 0 aliphatic carbocycles. The van der Waals surface area contributed by atoms with Crippen molar-refractivity contribution in [1.29, 1.82) is 0 Å². The summed E-state index contributed by atoms with van der Waals surface area (Å²) in [7, 11) is 5.61. The Morgan fingerprint density at radius 2 is 1.95 bits per heavy atom. The third kappa shape index (κ3) is 5.99. The van der Waals surface area contributed by atoms with Gasteiger partial charge in [0, 0.05) is 18.7 Å². The highest BCUT2D eigenvalue weighted by molar-refractivity contribution is 7.80. The Morgan fingerprint density at radius 3 is 2.50 bits per heavy atom. The summed E-state index contributed by atoms with van der Waals surface area (Å²) in [6, 6.07) is 6.99. The Morgan fingerprint density at radius 1 is 1.30 bits per heavy atom. The van der Waals surface area contributed by atoms with E-state index >= 15 is 0 Å². The maximum absolute atomic E-state index is 11.3. The topological polar surface area (TPSA) is 54.8 Å². The third-order valence-electron chi connectivity index (χ3n) is 2.70. The lowest BCUT2D eigenvalue weighted by molar-refractivity contribution is -0.858. The van der Waals surface area contributed by atoms with Crippen LogP contribution in [0.15, 0.2) is 24.3 Å². The fourth-order valence-electron chi connectivity index (χ4n) is 1.63. The molecule has 6 heteroatoms. The van der Waals surface area contributed by atoms with Gasteiger partial charge in [-0.1, -0.05) is 0 Å². The average molecular weight is 296 g/mol. The molecular formula is C14H22N3O2S+. The van der Waals surface area contributed by atoms with Gasteiger partial charge in [0.05, 0.1) is 33.3 Å². The Balaban J connectivity index is 2.36. The van der Waals surface area contributed by atoms with Crippen molar-refractivity contribution in [3.05, 3.63) is 29.8 Å². The zero-order valence-electron chi connectivity index (χ0n) is 12.2. The lowest BCUT2D eigenvalue weighted by Crippen LogP contribution is -3.05. The first-order valence-electron chi connectivity index (χ1n) is 6.55. The zero-order chi connectivity index (χ0) is 15.0. The molecule has 1 rings (SSSR count). The fourth-order valence-corrected chi connectivity index (χ4v) is 1.85. The molecule has 0 amide bonds. The largest absolute Gasteiger partial charge is 0.465 e. The van der Waals surface area contributed by atoms with Gasteiger partial charge < -0.3 is 20.3 Å². The van der Waals surface area contributed by atoms with Crippen molar-refractivity contribution in [2.45, 2.75) is 6.42 Å². The van der Waals surface area contributed by atoms with Crippen LogP contribution in [0.5, 0.6) is 0 Å². The number of anilines is 1. The highest BCUT2D eigenvalue weighted by Crippen LogP contribution is 2.10. The van der Waals surface area contributed by atoms with Gasteiger partial charge in [0.15, 0.2) is 5.11 Å². The SMILES string of the molecule is COC(=O)c1ccc(NC(=S)NCCC[NH+](C)C)cc1. The number of benzene rings is 1. The molecule has 20 heavy (non-hydrogen) atoms. The van der Waals surface area contributed by atoms with E-state index in [2.05, 4.69) is 29.5 Å². The first kappa shape index (κ1) is 16.4. The number of thiocarbonyl (C=S) groups is 1. The first-order chi connectivity index (χ1) is 9.52. The van der Waals surface area contributed by atoms with Crippen LogP contribution in [0, 0.1) is 0 Å². The molecule has 1 aromatic rings. The van der Waals surface area contributed by atoms with Crippen molar-refractivity contribution in [3.63, 3.8) is 0 Å². The Bertz CT molecular complexity index is 446. The van der Waals surface area contributed by atoms with Gasteiger partial charge >= 0.3 is 5.97 Å². The number of hydrogen-bond acceptors (Lipinski definition) is 3. The standard InChI is InChI=1S/C14H21N3O2S/c1-17(2)10-4-9-15-14(20)16-12-7-5-11(6-8-12)13(18)19-3/h5-8H,4,9-10H2,1-3H3,(H2,15,16,20)/p+1. The molecule has 0 spiro atoms. The summed E-state index contributed by atoms with van der Waals surface area (Å²) in [5.74, 6) is -0.344. The molecule has 0 aliphatic rings. The predicted molar refractivity (Wildman–Crippen MR) is 84.3 cm³/mol. The fraction of sp³-hybridized carbons (Fsp3) is 0.429. The maximum Gasteiger partial charge on any atom is 0.337 e. The molecule has 1 aromatic carbocycles. The van der Waals surface area contributed by atoms with Crippen LogP contribution in [0.25, 0.3) is 0 Å². The molecule has 0 heterocycles. The minimum absolute atomic E-state index is 0.344. The highest BCUT2D eigenvalue weighted by atomic mass is 32.1. The van der Waals surface area contributed by atoms with Gasteiger partial charge in [-0.2, -0.15) is 0 Å². The lowest BCUT2D eigenvalue weighted by Gasteiger charge is -2.11. The quantitative estimate of drug-likeness (QED) is 0.400. The number of carbonyl (C=O) groups excluding carboxylic acids is 1. The Labute approximate surface area is 125 Å². The van der Waals surface area contributed by atoms with Crippen molar-refractivity contribution < 1.29 is 14.4 Å². The first-order valence-corrected chi connectivity index (χ1v) is 6.96. The van der Waals surface area contributed by atoms with Gasteiger partial charge in [-0.15, -0.1) is 0 Å². The molecule has 0 unspecified atom stereocenters. The number of methoxy groups -OCH3 is 1. The molecule has 0 radical (unpaired) electrons. The van der Waals surface area contributed by atoms with Crippen LogP contribution in [-0.2, 0) is 4.74 Å². The monoisotopic (exact) mass is 296 g/mol. The molecule has 0 bridgehead atoms. The normalized spacial score (nSPS) is 10.2. The van der Waals surface area contributed by atoms with E-state index in [-0.39, 0.29) is 5.97 Å². The van der Waals surface area contributed by atoms with E-state index in [0.717, 1.165) is 25.2 Å². The van der Waals surface area contributed by atoms with Crippen LogP contribution >= 0.6 is 12.2 Å². The van der Waals surface area contributed by atoms with Gasteiger partial charge in [0.2, 0.25) is 0 Å². The van der Waals surface area contributed by atoms with Crippen molar-refractivity contribution in [3.8, 4) is 0 Å². The molecule has 0 fully saturated rings. The molecule has 0 atom stereocenters. The molecule has 5 nitrogen and oxygen atoms in total. The number of quaternary nitrogens is 1. The van der Waals surface area contributed by atoms with Crippen molar-refractivity contribution in [2.24, 2.45) is 0 Å². The van der Waals surface area contributed by atoms with Crippen LogP contribution in [0.4, 0.5) is 5.69 Å². The number of esters is 1. The van der Waals surface area contributed by atoms with E-state index in [9.17, 15) is 4.79 Å². The van der Waals surface area contributed by atoms with E-state index in [0.29, 0.717) is 10.7 Å². The minimum Gasteiger partial charge on any atom is -0.465 e. The van der Waals surface area contributed by atoms with Crippen LogP contribution in [0.3, 0.4) is 0 Å². The molecule has 0 aromatic heterocycles. The van der Waals surface area contributed by atoms with E-state index in [4.69, 9.17) is 12.2 Å². The summed E-state index contributed by atoms with van der Waals surface area (Å²) in [5, 5.41) is 6.81. The summed E-state index contributed by atoms with van der Waals surface area (Å²) in [6.07, 6.45) is 1.06. The number of ether oxygens (including phenoxy) is 1. The van der Waals surface area contributed by atoms with Crippen LogP contribution < -0.4 is 15.5 Å². The van der Waals surface area contributed by atoms with Gasteiger partial charge in [-0.25, -0.2) is 4.79 Å². The molecule has 0 saturated carbocycles. The summed E-state index contributed by atoms with van der Waals surface area (Å²) < 4.78 is 4.64. The van der Waals surface area contributed by atoms with Gasteiger partial charge in [0.25, 0.3) is 0 Å². The summed E-state index contributed by atoms with van der Waals surface area (Å²) in [5.41, 5.74) is 1.36. The van der Waals surface area contributed by atoms with Crippen LogP contribution in [-0.4, -0.2) is 45.4 Å². The summed E-state index contributed by atoms with van der Waals surface area (Å²) >= 11 is 5.20. The average Bonchev–Trinajstić information content (AvgIpc) is 2.43. The molecule has 0 aliphatic heterocycles. The van der Waals surface area contributed by atoms with E-state index in [1.807, 2.05) is 0 Å². The Kier molecular flexibility index (Phi) is 6.97. The highest BCUT2D eigenvalue weighted by Gasteiger charge is 2.04. The second-order valence-corrected chi connectivity index (χ2v) is 5.17. The number of rotatable bonds is 6. The molecule has 0 saturated heterocycles. The predicted octanol–water partition coefficient (Wildman–Crippen LogP) is 0.294. The second kappa shape index (κ2) is 8.50. The smallest absolute Gasteiger partial charge is 0.337 e. The number of carbonyl (C=O) groups is 1. The number of hydrogen-bond donors (Lipinski definition) is 3. The summed E-state index contributed by atoms with van der Waals surface area (Å²) in [4.78, 5) is 12.7. The summed E-state index contributed by atoms with van der Waals surface area (Å²) in [6.45, 7) is 1.95. The van der Waals surface area contributed by atoms with Gasteiger partial charge in [-0.3, -0.25) is 0 Å². The van der Waals surface area contributed by atoms with Crippen molar-refractivity contribution >= 4 is 29.0 Å². The maximum atomic E-state index is 11.3.